The lowest BCUT2D eigenvalue weighted by molar-refractivity contribution is 0.103. The molecule has 0 radical (unpaired) electrons. The molecule has 1 aliphatic rings. The average molecular weight is 288 g/mol. The van der Waals surface area contributed by atoms with E-state index in [1.807, 2.05) is 25.1 Å². The predicted molar refractivity (Wildman–Crippen MR) is 81.3 cm³/mol. The maximum absolute atomic E-state index is 12.5. The Kier molecular flexibility index (Phi) is 2.69. The van der Waals surface area contributed by atoms with Gasteiger partial charge in [-0.1, -0.05) is 48.1 Å². The first-order valence-corrected chi connectivity index (χ1v) is 6.58. The Morgan fingerprint density at radius 1 is 1.16 bits per heavy atom. The second-order valence-corrected chi connectivity index (χ2v) is 5.34. The molecule has 0 amide bonds. The minimum Gasteiger partial charge on any atom is -0.398 e. The summed E-state index contributed by atoms with van der Waals surface area (Å²) >= 11 is 11.8. The number of nitrogen functional groups attached to an aromatic ring is 1. The van der Waals surface area contributed by atoms with Crippen molar-refractivity contribution in [3.63, 3.8) is 0 Å². The summed E-state index contributed by atoms with van der Waals surface area (Å²) in [7, 11) is 0. The van der Waals surface area contributed by atoms with Gasteiger partial charge in [0.05, 0.1) is 15.5 Å². The molecule has 2 aromatic rings. The van der Waals surface area contributed by atoms with E-state index < -0.39 is 0 Å². The number of carbonyl (C=O) groups is 1. The Hall–Kier alpha value is -1.71. The number of fused-ring (bicyclic) bond motifs is 2. The third kappa shape index (κ3) is 1.62. The van der Waals surface area contributed by atoms with Gasteiger partial charge in [-0.2, -0.15) is 0 Å². The van der Waals surface area contributed by atoms with Gasteiger partial charge in [-0.05, 0) is 18.6 Å². The van der Waals surface area contributed by atoms with Gasteiger partial charge in [-0.3, -0.25) is 4.79 Å². The lowest BCUT2D eigenvalue weighted by Crippen LogP contribution is -2.22. The highest BCUT2D eigenvalue weighted by atomic mass is 35.5. The number of anilines is 1. The van der Waals surface area contributed by atoms with Crippen LogP contribution >= 0.6 is 23.8 Å². The van der Waals surface area contributed by atoms with Crippen LogP contribution in [0.1, 0.15) is 32.6 Å². The van der Waals surface area contributed by atoms with Crippen LogP contribution < -0.4 is 5.73 Å². The fourth-order valence-corrected chi connectivity index (χ4v) is 3.11. The summed E-state index contributed by atoms with van der Waals surface area (Å²) < 4.78 is 0. The van der Waals surface area contributed by atoms with Crippen molar-refractivity contribution in [2.24, 2.45) is 0 Å². The van der Waals surface area contributed by atoms with Crippen LogP contribution in [-0.2, 0) is 0 Å². The number of benzene rings is 2. The Bertz CT molecular complexity index is 752. The SMILES string of the molecule is Cc1cc(N)c2c(c1Cl)C(=S)c1ccccc1C2=O. The largest absolute Gasteiger partial charge is 0.398 e. The molecule has 3 rings (SSSR count). The van der Waals surface area contributed by atoms with Gasteiger partial charge >= 0.3 is 0 Å². The van der Waals surface area contributed by atoms with Crippen molar-refractivity contribution in [2.45, 2.75) is 6.92 Å². The molecule has 2 N–H and O–H groups in total. The fraction of sp³-hybridized carbons (Fsp3) is 0.0667. The van der Waals surface area contributed by atoms with Crippen LogP contribution in [0.4, 0.5) is 5.69 Å². The van der Waals surface area contributed by atoms with Crippen LogP contribution in [0, 0.1) is 6.92 Å². The number of hydrogen-bond acceptors (Lipinski definition) is 3. The van der Waals surface area contributed by atoms with Gasteiger partial charge < -0.3 is 5.73 Å². The molecule has 0 saturated heterocycles. The van der Waals surface area contributed by atoms with E-state index in [1.165, 1.54) is 0 Å². The van der Waals surface area contributed by atoms with Gasteiger partial charge in [-0.15, -0.1) is 0 Å². The first kappa shape index (κ1) is 12.3. The number of aryl methyl sites for hydroxylation is 1. The summed E-state index contributed by atoms with van der Waals surface area (Å²) in [5, 5.41) is 0.511. The van der Waals surface area contributed by atoms with Crippen LogP contribution in [-0.4, -0.2) is 10.6 Å². The van der Waals surface area contributed by atoms with E-state index in [-0.39, 0.29) is 5.78 Å². The Balaban J connectivity index is 2.43. The highest BCUT2D eigenvalue weighted by Gasteiger charge is 2.31. The minimum atomic E-state index is -0.112. The van der Waals surface area contributed by atoms with Crippen molar-refractivity contribution in [3.8, 4) is 0 Å². The maximum Gasteiger partial charge on any atom is 0.196 e. The molecule has 0 heterocycles. The van der Waals surface area contributed by atoms with Crippen molar-refractivity contribution in [1.29, 1.82) is 0 Å². The van der Waals surface area contributed by atoms with Crippen LogP contribution in [0.2, 0.25) is 5.02 Å². The number of halogens is 1. The first-order chi connectivity index (χ1) is 9.02. The monoisotopic (exact) mass is 287 g/mol. The number of thiocarbonyl (C=S) groups is 1. The summed E-state index contributed by atoms with van der Waals surface area (Å²) in [5.74, 6) is -0.112. The van der Waals surface area contributed by atoms with Crippen molar-refractivity contribution in [3.05, 3.63) is 63.2 Å². The van der Waals surface area contributed by atoms with Gasteiger partial charge in [0.2, 0.25) is 0 Å². The summed E-state index contributed by atoms with van der Waals surface area (Å²) in [6, 6.07) is 9.00. The van der Waals surface area contributed by atoms with E-state index in [9.17, 15) is 4.79 Å². The molecule has 0 saturated carbocycles. The van der Waals surface area contributed by atoms with E-state index in [4.69, 9.17) is 29.6 Å². The molecular weight excluding hydrogens is 278 g/mol. The highest BCUT2D eigenvalue weighted by Crippen LogP contribution is 2.37. The van der Waals surface area contributed by atoms with E-state index >= 15 is 0 Å². The fourth-order valence-electron chi connectivity index (χ4n) is 2.43. The molecule has 0 fully saturated rings. The highest BCUT2D eigenvalue weighted by molar-refractivity contribution is 7.81. The van der Waals surface area contributed by atoms with Crippen LogP contribution in [0.25, 0.3) is 0 Å². The molecule has 4 heteroatoms. The normalized spacial score (nSPS) is 13.2. The quantitative estimate of drug-likeness (QED) is 0.508. The smallest absolute Gasteiger partial charge is 0.196 e. The number of hydrogen-bond donors (Lipinski definition) is 1. The Labute approximate surface area is 121 Å². The minimum absolute atomic E-state index is 0.112. The molecule has 0 aliphatic heterocycles. The van der Waals surface area contributed by atoms with Crippen LogP contribution in [0.15, 0.2) is 30.3 Å². The van der Waals surface area contributed by atoms with Crippen molar-refractivity contribution < 1.29 is 4.79 Å². The van der Waals surface area contributed by atoms with Crippen LogP contribution in [0.3, 0.4) is 0 Å². The van der Waals surface area contributed by atoms with E-state index in [1.54, 1.807) is 12.1 Å². The average Bonchev–Trinajstić information content (AvgIpc) is 2.40. The summed E-state index contributed by atoms with van der Waals surface area (Å²) in [5.41, 5.74) is 9.60. The molecular formula is C15H10ClNOS. The number of ketones is 1. The first-order valence-electron chi connectivity index (χ1n) is 5.79. The molecule has 1 aliphatic carbocycles. The Morgan fingerprint density at radius 2 is 1.79 bits per heavy atom. The zero-order valence-electron chi connectivity index (χ0n) is 10.2. The lowest BCUT2D eigenvalue weighted by atomic mass is 9.83. The van der Waals surface area contributed by atoms with Crippen LogP contribution in [0.5, 0.6) is 0 Å². The molecule has 0 aromatic heterocycles. The standard InChI is InChI=1S/C15H10ClNOS/c1-7-6-10(17)11-12(13(7)16)15(19)9-5-3-2-4-8(9)14(11)18/h2-6H,17H2,1H3. The van der Waals surface area contributed by atoms with Gasteiger partial charge in [-0.25, -0.2) is 0 Å². The summed E-state index contributed by atoms with van der Waals surface area (Å²) in [4.78, 5) is 13.1. The van der Waals surface area contributed by atoms with Crippen molar-refractivity contribution in [2.75, 3.05) is 5.73 Å². The second-order valence-electron chi connectivity index (χ2n) is 4.55. The third-order valence-corrected chi connectivity index (χ3v) is 4.26. The van der Waals surface area contributed by atoms with Gasteiger partial charge in [0.15, 0.2) is 5.78 Å². The Morgan fingerprint density at radius 3 is 2.47 bits per heavy atom. The molecule has 94 valence electrons. The molecule has 0 atom stereocenters. The summed E-state index contributed by atoms with van der Waals surface area (Å²) in [6.45, 7) is 1.85. The predicted octanol–water partition coefficient (Wildman–Crippen LogP) is 3.54. The van der Waals surface area contributed by atoms with Crippen molar-refractivity contribution in [1.82, 2.24) is 0 Å². The van der Waals surface area contributed by atoms with Gasteiger partial charge in [0.1, 0.15) is 0 Å². The maximum atomic E-state index is 12.5. The number of carbonyl (C=O) groups excluding carboxylic acids is 1. The third-order valence-electron chi connectivity index (χ3n) is 3.35. The molecule has 0 bridgehead atoms. The molecule has 2 nitrogen and oxygen atoms in total. The number of nitrogens with two attached hydrogens (primary N) is 1. The zero-order valence-corrected chi connectivity index (χ0v) is 11.7. The second kappa shape index (κ2) is 4.15. The molecule has 0 spiro atoms. The van der Waals surface area contributed by atoms with Gasteiger partial charge in [0, 0.05) is 22.4 Å². The molecule has 2 aromatic carbocycles. The molecule has 0 unspecified atom stereocenters. The molecule has 19 heavy (non-hydrogen) atoms. The summed E-state index contributed by atoms with van der Waals surface area (Å²) in [6.07, 6.45) is 0. The topological polar surface area (TPSA) is 43.1 Å². The van der Waals surface area contributed by atoms with E-state index in [0.29, 0.717) is 32.3 Å². The number of rotatable bonds is 0. The van der Waals surface area contributed by atoms with E-state index in [2.05, 4.69) is 0 Å². The lowest BCUT2D eigenvalue weighted by Gasteiger charge is -2.22. The van der Waals surface area contributed by atoms with Crippen molar-refractivity contribution >= 4 is 40.2 Å². The zero-order chi connectivity index (χ0) is 13.7. The van der Waals surface area contributed by atoms with E-state index in [0.717, 1.165) is 11.1 Å². The van der Waals surface area contributed by atoms with Gasteiger partial charge in [0.25, 0.3) is 0 Å².